The third-order valence-electron chi connectivity index (χ3n) is 3.61. The molecule has 1 aromatic carbocycles. The van der Waals surface area contributed by atoms with Crippen molar-refractivity contribution in [3.8, 4) is 5.75 Å². The van der Waals surface area contributed by atoms with E-state index < -0.39 is 10.0 Å². The molecule has 1 atom stereocenters. The molecule has 0 saturated carbocycles. The van der Waals surface area contributed by atoms with Crippen molar-refractivity contribution in [3.05, 3.63) is 21.6 Å². The standard InChI is InChI=1S/C13H18BrClN2O3S/c1-20-13-11(14)5-10(15)6-12(13)21(18,19)17-4-2-3-9(7-16)8-17/h5-6,9H,2-4,7-8,16H2,1H3. The number of halogens is 2. The van der Waals surface area contributed by atoms with Crippen LogP contribution in [0, 0.1) is 5.92 Å². The summed E-state index contributed by atoms with van der Waals surface area (Å²) in [6.07, 6.45) is 1.77. The van der Waals surface area contributed by atoms with E-state index in [0.29, 0.717) is 29.1 Å². The number of methoxy groups -OCH3 is 1. The van der Waals surface area contributed by atoms with Gasteiger partial charge in [0.05, 0.1) is 11.6 Å². The zero-order valence-corrected chi connectivity index (χ0v) is 14.8. The van der Waals surface area contributed by atoms with Crippen molar-refractivity contribution in [2.24, 2.45) is 11.7 Å². The fraction of sp³-hybridized carbons (Fsp3) is 0.538. The van der Waals surface area contributed by atoms with Gasteiger partial charge in [-0.25, -0.2) is 8.42 Å². The van der Waals surface area contributed by atoms with Crippen LogP contribution >= 0.6 is 27.5 Å². The van der Waals surface area contributed by atoms with Crippen molar-refractivity contribution in [1.29, 1.82) is 0 Å². The van der Waals surface area contributed by atoms with E-state index in [2.05, 4.69) is 15.9 Å². The Hall–Kier alpha value is -0.340. The van der Waals surface area contributed by atoms with E-state index in [9.17, 15) is 8.42 Å². The third kappa shape index (κ3) is 3.53. The maximum Gasteiger partial charge on any atom is 0.246 e. The van der Waals surface area contributed by atoms with Gasteiger partial charge in [0, 0.05) is 18.1 Å². The zero-order valence-electron chi connectivity index (χ0n) is 11.7. The number of piperidine rings is 1. The highest BCUT2D eigenvalue weighted by Crippen LogP contribution is 2.37. The van der Waals surface area contributed by atoms with E-state index in [-0.39, 0.29) is 16.6 Å². The van der Waals surface area contributed by atoms with Crippen LogP contribution in [0.1, 0.15) is 12.8 Å². The topological polar surface area (TPSA) is 72.6 Å². The molecule has 1 aliphatic heterocycles. The third-order valence-corrected chi connectivity index (χ3v) is 6.29. The fourth-order valence-electron chi connectivity index (χ4n) is 2.50. The molecule has 1 fully saturated rings. The molecule has 5 nitrogen and oxygen atoms in total. The van der Waals surface area contributed by atoms with Crippen LogP contribution in [0.5, 0.6) is 5.75 Å². The lowest BCUT2D eigenvalue weighted by molar-refractivity contribution is 0.270. The molecule has 0 amide bonds. The van der Waals surface area contributed by atoms with E-state index in [1.165, 1.54) is 17.5 Å². The van der Waals surface area contributed by atoms with Gasteiger partial charge in [-0.1, -0.05) is 11.6 Å². The van der Waals surface area contributed by atoms with Crippen LogP contribution in [0.3, 0.4) is 0 Å². The first-order valence-corrected chi connectivity index (χ1v) is 9.24. The molecule has 1 saturated heterocycles. The minimum Gasteiger partial charge on any atom is -0.494 e. The highest BCUT2D eigenvalue weighted by Gasteiger charge is 2.32. The summed E-state index contributed by atoms with van der Waals surface area (Å²) in [7, 11) is -2.22. The molecule has 0 aromatic heterocycles. The number of sulfonamides is 1. The molecule has 1 heterocycles. The average Bonchev–Trinajstić information content (AvgIpc) is 2.46. The molecule has 0 radical (unpaired) electrons. The minimum atomic E-state index is -3.65. The van der Waals surface area contributed by atoms with Gasteiger partial charge in [0.15, 0.2) is 5.75 Å². The van der Waals surface area contributed by atoms with Crippen molar-refractivity contribution in [3.63, 3.8) is 0 Å². The van der Waals surface area contributed by atoms with Gasteiger partial charge in [-0.15, -0.1) is 0 Å². The molecular weight excluding hydrogens is 380 g/mol. The normalized spacial score (nSPS) is 20.5. The van der Waals surface area contributed by atoms with Gasteiger partial charge in [0.1, 0.15) is 4.90 Å². The molecule has 1 aliphatic rings. The molecule has 0 spiro atoms. The molecule has 118 valence electrons. The summed E-state index contributed by atoms with van der Waals surface area (Å²) in [5.74, 6) is 0.469. The zero-order chi connectivity index (χ0) is 15.6. The molecule has 0 bridgehead atoms. The number of nitrogens with zero attached hydrogens (tertiary/aromatic N) is 1. The summed E-state index contributed by atoms with van der Waals surface area (Å²) < 4.78 is 32.9. The highest BCUT2D eigenvalue weighted by molar-refractivity contribution is 9.10. The van der Waals surface area contributed by atoms with Gasteiger partial charge >= 0.3 is 0 Å². The second-order valence-electron chi connectivity index (χ2n) is 5.03. The molecule has 21 heavy (non-hydrogen) atoms. The van der Waals surface area contributed by atoms with Crippen molar-refractivity contribution in [2.45, 2.75) is 17.7 Å². The summed E-state index contributed by atoms with van der Waals surface area (Å²) in [6, 6.07) is 3.03. The van der Waals surface area contributed by atoms with Crippen LogP contribution in [-0.4, -0.2) is 39.5 Å². The van der Waals surface area contributed by atoms with Crippen LogP contribution in [0.25, 0.3) is 0 Å². The van der Waals surface area contributed by atoms with Crippen molar-refractivity contribution in [1.82, 2.24) is 4.31 Å². The van der Waals surface area contributed by atoms with Crippen LogP contribution in [0.2, 0.25) is 5.02 Å². The molecular formula is C13H18BrClN2O3S. The lowest BCUT2D eigenvalue weighted by Gasteiger charge is -2.31. The Morgan fingerprint density at radius 1 is 1.52 bits per heavy atom. The number of rotatable bonds is 4. The summed E-state index contributed by atoms with van der Waals surface area (Å²) in [6.45, 7) is 1.42. The lowest BCUT2D eigenvalue weighted by Crippen LogP contribution is -2.42. The Balaban J connectivity index is 2.44. The van der Waals surface area contributed by atoms with Gasteiger partial charge in [0.2, 0.25) is 10.0 Å². The van der Waals surface area contributed by atoms with Gasteiger partial charge < -0.3 is 10.5 Å². The number of nitrogens with two attached hydrogens (primary N) is 1. The van der Waals surface area contributed by atoms with Crippen molar-refractivity contribution in [2.75, 3.05) is 26.7 Å². The maximum atomic E-state index is 12.9. The smallest absolute Gasteiger partial charge is 0.246 e. The van der Waals surface area contributed by atoms with E-state index in [1.54, 1.807) is 6.07 Å². The number of hydrogen-bond donors (Lipinski definition) is 1. The Labute approximate surface area is 138 Å². The fourth-order valence-corrected chi connectivity index (χ4v) is 5.43. The first kappa shape index (κ1) is 17.0. The SMILES string of the molecule is COc1c(Br)cc(Cl)cc1S(=O)(=O)N1CCCC(CN)C1. The number of benzene rings is 1. The summed E-state index contributed by atoms with van der Waals surface area (Å²) in [5.41, 5.74) is 5.68. The molecule has 2 rings (SSSR count). The quantitative estimate of drug-likeness (QED) is 0.847. The Morgan fingerprint density at radius 3 is 2.86 bits per heavy atom. The number of ether oxygens (including phenoxy) is 1. The molecule has 8 heteroatoms. The maximum absolute atomic E-state index is 12.9. The molecule has 0 aliphatic carbocycles. The van der Waals surface area contributed by atoms with E-state index >= 15 is 0 Å². The van der Waals surface area contributed by atoms with E-state index in [1.807, 2.05) is 0 Å². The average molecular weight is 398 g/mol. The molecule has 2 N–H and O–H groups in total. The first-order valence-electron chi connectivity index (χ1n) is 6.63. The Bertz CT molecular complexity index is 624. The van der Waals surface area contributed by atoms with E-state index in [4.69, 9.17) is 22.1 Å². The summed E-state index contributed by atoms with van der Waals surface area (Å²) in [5, 5.41) is 0.341. The largest absolute Gasteiger partial charge is 0.494 e. The van der Waals surface area contributed by atoms with Gasteiger partial charge in [-0.05, 0) is 53.4 Å². The van der Waals surface area contributed by atoms with Crippen LogP contribution in [0.15, 0.2) is 21.5 Å². The summed E-state index contributed by atoms with van der Waals surface area (Å²) in [4.78, 5) is 0.0852. The monoisotopic (exact) mass is 396 g/mol. The Kier molecular flexibility index (Phi) is 5.54. The Morgan fingerprint density at radius 2 is 2.24 bits per heavy atom. The van der Waals surface area contributed by atoms with E-state index in [0.717, 1.165) is 12.8 Å². The lowest BCUT2D eigenvalue weighted by atomic mass is 10.0. The highest BCUT2D eigenvalue weighted by atomic mass is 79.9. The molecule has 1 aromatic rings. The second-order valence-corrected chi connectivity index (χ2v) is 8.22. The summed E-state index contributed by atoms with van der Waals surface area (Å²) >= 11 is 9.28. The van der Waals surface area contributed by atoms with Crippen LogP contribution in [-0.2, 0) is 10.0 Å². The van der Waals surface area contributed by atoms with Gasteiger partial charge in [0.25, 0.3) is 0 Å². The predicted molar refractivity (Wildman–Crippen MR) is 86.2 cm³/mol. The second kappa shape index (κ2) is 6.83. The van der Waals surface area contributed by atoms with Gasteiger partial charge in [-0.2, -0.15) is 4.31 Å². The van der Waals surface area contributed by atoms with Crippen molar-refractivity contribution < 1.29 is 13.2 Å². The molecule has 1 unspecified atom stereocenters. The minimum absolute atomic E-state index is 0.0852. The van der Waals surface area contributed by atoms with Crippen LogP contribution in [0.4, 0.5) is 0 Å². The number of hydrogen-bond acceptors (Lipinski definition) is 4. The predicted octanol–water partition coefficient (Wildman–Crippen LogP) is 2.47. The first-order chi connectivity index (χ1) is 9.90. The van der Waals surface area contributed by atoms with Gasteiger partial charge in [-0.3, -0.25) is 0 Å². The van der Waals surface area contributed by atoms with Crippen LogP contribution < -0.4 is 10.5 Å². The van der Waals surface area contributed by atoms with Crippen molar-refractivity contribution >= 4 is 37.6 Å².